The van der Waals surface area contributed by atoms with Gasteiger partial charge in [-0.05, 0) is 35.2 Å². The Bertz CT molecular complexity index is 913. The van der Waals surface area contributed by atoms with Gasteiger partial charge < -0.3 is 11.1 Å². The summed E-state index contributed by atoms with van der Waals surface area (Å²) in [6, 6.07) is 19.1. The molecule has 3 rings (SSSR count). The summed E-state index contributed by atoms with van der Waals surface area (Å²) in [5.74, 6) is 0.167. The second-order valence-electron chi connectivity index (χ2n) is 7.14. The fraction of sp³-hybridized carbons (Fsp3) is 0.190. The summed E-state index contributed by atoms with van der Waals surface area (Å²) in [5, 5.41) is 11.8. The maximum atomic E-state index is 11.8. The van der Waals surface area contributed by atoms with Gasteiger partial charge in [0, 0.05) is 16.8 Å². The van der Waals surface area contributed by atoms with E-state index in [1.165, 1.54) is 0 Å². The molecule has 0 aliphatic rings. The van der Waals surface area contributed by atoms with Gasteiger partial charge in [-0.3, -0.25) is 4.79 Å². The number of aromatic nitrogens is 2. The van der Waals surface area contributed by atoms with Gasteiger partial charge in [0.2, 0.25) is 5.91 Å². The molecule has 26 heavy (non-hydrogen) atoms. The summed E-state index contributed by atoms with van der Waals surface area (Å²) in [4.78, 5) is 11.8. The molecule has 0 saturated heterocycles. The first-order valence-corrected chi connectivity index (χ1v) is 8.46. The number of nitrogens with one attached hydrogen (secondary N) is 1. The van der Waals surface area contributed by atoms with Crippen molar-refractivity contribution < 1.29 is 4.79 Å². The molecule has 1 amide bonds. The summed E-state index contributed by atoms with van der Waals surface area (Å²) >= 11 is 0. The highest BCUT2D eigenvalue weighted by atomic mass is 16.1. The Kier molecular flexibility index (Phi) is 4.71. The number of hydrogen-bond acceptors (Lipinski definition) is 4. The second kappa shape index (κ2) is 6.96. The average Bonchev–Trinajstić information content (AvgIpc) is 2.62. The molecule has 2 aromatic carbocycles. The van der Waals surface area contributed by atoms with Crippen molar-refractivity contribution in [3.05, 3.63) is 71.8 Å². The van der Waals surface area contributed by atoms with Crippen LogP contribution < -0.4 is 11.1 Å². The molecular weight excluding hydrogens is 324 g/mol. The summed E-state index contributed by atoms with van der Waals surface area (Å²) in [6.07, 6.45) is 0. The molecule has 0 unspecified atom stereocenters. The van der Waals surface area contributed by atoms with E-state index in [-0.39, 0.29) is 5.41 Å². The van der Waals surface area contributed by atoms with Crippen LogP contribution in [0.3, 0.4) is 0 Å². The van der Waals surface area contributed by atoms with Crippen molar-refractivity contribution in [2.75, 3.05) is 5.32 Å². The predicted molar refractivity (Wildman–Crippen MR) is 104 cm³/mol. The van der Waals surface area contributed by atoms with Gasteiger partial charge in [-0.25, -0.2) is 0 Å². The molecule has 3 aromatic rings. The van der Waals surface area contributed by atoms with Crippen LogP contribution in [0.4, 0.5) is 11.5 Å². The van der Waals surface area contributed by atoms with E-state index in [0.29, 0.717) is 11.4 Å². The predicted octanol–water partition coefficient (Wildman–Crippen LogP) is 4.28. The number of anilines is 2. The van der Waals surface area contributed by atoms with Crippen molar-refractivity contribution in [1.29, 1.82) is 0 Å². The van der Waals surface area contributed by atoms with Crippen LogP contribution in [0, 0.1) is 0 Å². The molecule has 0 fully saturated rings. The van der Waals surface area contributed by atoms with Crippen molar-refractivity contribution in [1.82, 2.24) is 10.2 Å². The maximum Gasteiger partial charge on any atom is 0.249 e. The molecule has 1 heterocycles. The molecule has 0 spiro atoms. The Balaban J connectivity index is 1.94. The van der Waals surface area contributed by atoms with Crippen LogP contribution in [0.25, 0.3) is 11.3 Å². The third kappa shape index (κ3) is 3.72. The van der Waals surface area contributed by atoms with Gasteiger partial charge in [-0.2, -0.15) is 0 Å². The monoisotopic (exact) mass is 346 g/mol. The second-order valence-corrected chi connectivity index (χ2v) is 7.14. The van der Waals surface area contributed by atoms with Crippen LogP contribution in [-0.2, 0) is 5.41 Å². The number of nitrogens with two attached hydrogens (primary N) is 1. The normalized spacial score (nSPS) is 11.2. The smallest absolute Gasteiger partial charge is 0.249 e. The fourth-order valence-electron chi connectivity index (χ4n) is 2.97. The first-order chi connectivity index (χ1) is 12.4. The Morgan fingerprint density at radius 3 is 2.23 bits per heavy atom. The highest BCUT2D eigenvalue weighted by Gasteiger charge is 2.24. The Labute approximate surface area is 153 Å². The lowest BCUT2D eigenvalue weighted by atomic mass is 9.82. The van der Waals surface area contributed by atoms with Crippen molar-refractivity contribution in [2.45, 2.75) is 26.2 Å². The van der Waals surface area contributed by atoms with Crippen LogP contribution in [0.5, 0.6) is 0 Å². The standard InChI is InChI=1S/C21H22N4O/c1-21(2,3)19-15(20(22)26)10-7-11-17(19)23-18-13-12-16(24-25-18)14-8-5-4-6-9-14/h4-13H,1-3H3,(H2,22,26)(H,23,25). The Hall–Kier alpha value is -3.21. The first-order valence-electron chi connectivity index (χ1n) is 8.46. The van der Waals surface area contributed by atoms with E-state index in [2.05, 4.69) is 15.5 Å². The third-order valence-electron chi connectivity index (χ3n) is 4.08. The molecule has 0 saturated carbocycles. The minimum Gasteiger partial charge on any atom is -0.366 e. The van der Waals surface area contributed by atoms with Gasteiger partial charge in [-0.1, -0.05) is 57.2 Å². The Morgan fingerprint density at radius 1 is 0.923 bits per heavy atom. The molecule has 132 valence electrons. The molecule has 5 nitrogen and oxygen atoms in total. The van der Waals surface area contributed by atoms with Gasteiger partial charge in [-0.15, -0.1) is 10.2 Å². The van der Waals surface area contributed by atoms with Crippen LogP contribution in [-0.4, -0.2) is 16.1 Å². The quantitative estimate of drug-likeness (QED) is 0.738. The summed E-state index contributed by atoms with van der Waals surface area (Å²) < 4.78 is 0. The van der Waals surface area contributed by atoms with E-state index in [4.69, 9.17) is 5.73 Å². The van der Waals surface area contributed by atoms with E-state index in [0.717, 1.165) is 22.5 Å². The number of benzene rings is 2. The number of hydrogen-bond donors (Lipinski definition) is 2. The zero-order chi connectivity index (χ0) is 18.7. The zero-order valence-electron chi connectivity index (χ0n) is 15.2. The molecule has 0 aliphatic carbocycles. The van der Waals surface area contributed by atoms with E-state index < -0.39 is 5.91 Å². The molecule has 3 N–H and O–H groups in total. The number of carbonyl (C=O) groups excluding carboxylic acids is 1. The number of carbonyl (C=O) groups is 1. The molecule has 0 atom stereocenters. The van der Waals surface area contributed by atoms with Gasteiger partial charge in [0.15, 0.2) is 5.82 Å². The van der Waals surface area contributed by atoms with Crippen molar-refractivity contribution in [3.8, 4) is 11.3 Å². The number of rotatable bonds is 4. The van der Waals surface area contributed by atoms with Crippen LogP contribution in [0.1, 0.15) is 36.7 Å². The lowest BCUT2D eigenvalue weighted by Gasteiger charge is -2.25. The lowest BCUT2D eigenvalue weighted by molar-refractivity contribution is 0.0998. The summed E-state index contributed by atoms with van der Waals surface area (Å²) in [6.45, 7) is 6.14. The van der Waals surface area contributed by atoms with E-state index in [1.54, 1.807) is 6.07 Å². The van der Waals surface area contributed by atoms with Crippen molar-refractivity contribution >= 4 is 17.4 Å². The molecule has 0 bridgehead atoms. The minimum absolute atomic E-state index is 0.259. The lowest BCUT2D eigenvalue weighted by Crippen LogP contribution is -2.22. The first kappa shape index (κ1) is 17.6. The molecule has 1 aromatic heterocycles. The highest BCUT2D eigenvalue weighted by Crippen LogP contribution is 2.34. The fourth-order valence-corrected chi connectivity index (χ4v) is 2.97. The molecular formula is C21H22N4O. The van der Waals surface area contributed by atoms with Gasteiger partial charge in [0.05, 0.1) is 5.69 Å². The van der Waals surface area contributed by atoms with Crippen molar-refractivity contribution in [3.63, 3.8) is 0 Å². The van der Waals surface area contributed by atoms with Gasteiger partial charge in [0.25, 0.3) is 0 Å². The highest BCUT2D eigenvalue weighted by molar-refractivity contribution is 5.96. The maximum absolute atomic E-state index is 11.8. The average molecular weight is 346 g/mol. The van der Waals surface area contributed by atoms with E-state index in [1.807, 2.05) is 75.4 Å². The van der Waals surface area contributed by atoms with E-state index >= 15 is 0 Å². The van der Waals surface area contributed by atoms with E-state index in [9.17, 15) is 4.79 Å². The zero-order valence-corrected chi connectivity index (χ0v) is 15.2. The number of nitrogens with zero attached hydrogens (tertiary/aromatic N) is 2. The number of primary amides is 1. The minimum atomic E-state index is -0.441. The third-order valence-corrected chi connectivity index (χ3v) is 4.08. The van der Waals surface area contributed by atoms with Crippen LogP contribution in [0.2, 0.25) is 0 Å². The summed E-state index contributed by atoms with van der Waals surface area (Å²) in [5.41, 5.74) is 9.29. The van der Waals surface area contributed by atoms with Gasteiger partial charge >= 0.3 is 0 Å². The van der Waals surface area contributed by atoms with Gasteiger partial charge in [0.1, 0.15) is 0 Å². The molecule has 5 heteroatoms. The summed E-state index contributed by atoms with van der Waals surface area (Å²) in [7, 11) is 0. The molecule has 0 aliphatic heterocycles. The Morgan fingerprint density at radius 2 is 1.65 bits per heavy atom. The molecule has 0 radical (unpaired) electrons. The topological polar surface area (TPSA) is 80.9 Å². The number of amides is 1. The van der Waals surface area contributed by atoms with Crippen LogP contribution >= 0.6 is 0 Å². The van der Waals surface area contributed by atoms with Crippen molar-refractivity contribution in [2.24, 2.45) is 5.73 Å². The SMILES string of the molecule is CC(C)(C)c1c(Nc2ccc(-c3ccccc3)nn2)cccc1C(N)=O. The largest absolute Gasteiger partial charge is 0.366 e. The van der Waals surface area contributed by atoms with Crippen LogP contribution in [0.15, 0.2) is 60.7 Å².